The normalized spacial score (nSPS) is 14.7. The first kappa shape index (κ1) is 10.5. The number of rotatable bonds is 3. The first-order valence-corrected chi connectivity index (χ1v) is 4.14. The molecule has 0 aliphatic carbocycles. The van der Waals surface area contributed by atoms with E-state index >= 15 is 0 Å². The summed E-state index contributed by atoms with van der Waals surface area (Å²) in [5.74, 6) is -0.670. The second kappa shape index (κ2) is 3.63. The number of nitrogen functional groups attached to an aromatic ring is 1. The summed E-state index contributed by atoms with van der Waals surface area (Å²) in [6.07, 6.45) is 1.76. The van der Waals surface area contributed by atoms with Crippen molar-refractivity contribution in [3.05, 3.63) is 23.9 Å². The van der Waals surface area contributed by atoms with Crippen molar-refractivity contribution in [2.45, 2.75) is 18.9 Å². The third-order valence-electron chi connectivity index (χ3n) is 1.91. The van der Waals surface area contributed by atoms with Gasteiger partial charge >= 0.3 is 5.97 Å². The van der Waals surface area contributed by atoms with Gasteiger partial charge in [0.05, 0.1) is 0 Å². The zero-order valence-corrected chi connectivity index (χ0v) is 7.90. The Balaban J connectivity index is 2.83. The molecule has 0 spiro atoms. The van der Waals surface area contributed by atoms with Gasteiger partial charge in [0.1, 0.15) is 11.4 Å². The highest BCUT2D eigenvalue weighted by molar-refractivity contribution is 5.78. The summed E-state index contributed by atoms with van der Waals surface area (Å²) in [6, 6.07) is 3.32. The maximum atomic E-state index is 10.7. The van der Waals surface area contributed by atoms with Gasteiger partial charge < -0.3 is 16.6 Å². The van der Waals surface area contributed by atoms with Crippen molar-refractivity contribution in [3.8, 4) is 0 Å². The maximum absolute atomic E-state index is 10.7. The van der Waals surface area contributed by atoms with Gasteiger partial charge in [0, 0.05) is 12.6 Å². The molecule has 0 radical (unpaired) electrons. The summed E-state index contributed by atoms with van der Waals surface area (Å²) >= 11 is 0. The van der Waals surface area contributed by atoms with Crippen LogP contribution < -0.4 is 11.5 Å². The van der Waals surface area contributed by atoms with E-state index in [0.29, 0.717) is 5.82 Å². The summed E-state index contributed by atoms with van der Waals surface area (Å²) in [5.41, 5.74) is 10.5. The van der Waals surface area contributed by atoms with Gasteiger partial charge in [-0.1, -0.05) is 0 Å². The topological polar surface area (TPSA) is 102 Å². The van der Waals surface area contributed by atoms with E-state index in [0.717, 1.165) is 5.56 Å². The van der Waals surface area contributed by atoms with Gasteiger partial charge in [-0.2, -0.15) is 0 Å². The Morgan fingerprint density at radius 3 is 2.86 bits per heavy atom. The van der Waals surface area contributed by atoms with E-state index in [1.165, 1.54) is 13.1 Å². The van der Waals surface area contributed by atoms with Crippen LogP contribution in [0.2, 0.25) is 0 Å². The van der Waals surface area contributed by atoms with Crippen LogP contribution in [0.5, 0.6) is 0 Å². The molecule has 1 unspecified atom stereocenters. The molecule has 1 aromatic heterocycles. The third kappa shape index (κ3) is 2.43. The number of hydrogen-bond acceptors (Lipinski definition) is 4. The summed E-state index contributed by atoms with van der Waals surface area (Å²) < 4.78 is 0. The molecule has 0 saturated carbocycles. The number of pyridine rings is 1. The van der Waals surface area contributed by atoms with Gasteiger partial charge in [-0.25, -0.2) is 4.98 Å². The minimum absolute atomic E-state index is 0.231. The lowest BCUT2D eigenvalue weighted by molar-refractivity contribution is -0.142. The molecule has 5 N–H and O–H groups in total. The molecular weight excluding hydrogens is 182 g/mol. The van der Waals surface area contributed by atoms with Gasteiger partial charge in [0.15, 0.2) is 0 Å². The molecular formula is C9H13N3O2. The van der Waals surface area contributed by atoms with E-state index in [2.05, 4.69) is 4.98 Å². The van der Waals surface area contributed by atoms with Crippen molar-refractivity contribution in [1.29, 1.82) is 0 Å². The molecule has 0 saturated heterocycles. The first-order valence-electron chi connectivity index (χ1n) is 4.14. The Morgan fingerprint density at radius 2 is 2.36 bits per heavy atom. The van der Waals surface area contributed by atoms with Crippen molar-refractivity contribution in [1.82, 2.24) is 4.98 Å². The van der Waals surface area contributed by atoms with Crippen LogP contribution in [0.4, 0.5) is 5.82 Å². The summed E-state index contributed by atoms with van der Waals surface area (Å²) in [4.78, 5) is 14.5. The number of nitrogens with two attached hydrogens (primary N) is 2. The van der Waals surface area contributed by atoms with Crippen LogP contribution in [-0.2, 0) is 11.2 Å². The van der Waals surface area contributed by atoms with Crippen LogP contribution >= 0.6 is 0 Å². The summed E-state index contributed by atoms with van der Waals surface area (Å²) in [7, 11) is 0. The van der Waals surface area contributed by atoms with Crippen LogP contribution in [0.25, 0.3) is 0 Å². The number of aliphatic carboxylic acids is 1. The molecule has 1 atom stereocenters. The Hall–Kier alpha value is -1.62. The van der Waals surface area contributed by atoms with Crippen molar-refractivity contribution >= 4 is 11.8 Å². The standard InChI is InChI=1S/C9H13N3O2/c1-9(11,8(13)14)5-6-2-3-12-7(10)4-6/h2-4H,5,11H2,1H3,(H2,10,12)(H,13,14). The average molecular weight is 195 g/mol. The zero-order chi connectivity index (χ0) is 10.8. The van der Waals surface area contributed by atoms with Crippen molar-refractivity contribution in [2.24, 2.45) is 5.73 Å². The molecule has 1 aromatic rings. The maximum Gasteiger partial charge on any atom is 0.323 e. The number of aromatic nitrogens is 1. The van der Waals surface area contributed by atoms with E-state index in [-0.39, 0.29) is 6.42 Å². The number of carboxylic acids is 1. The molecule has 5 heteroatoms. The van der Waals surface area contributed by atoms with Gasteiger partial charge in [-0.15, -0.1) is 0 Å². The molecule has 1 rings (SSSR count). The minimum Gasteiger partial charge on any atom is -0.480 e. The van der Waals surface area contributed by atoms with Crippen LogP contribution in [0, 0.1) is 0 Å². The van der Waals surface area contributed by atoms with Crippen molar-refractivity contribution in [2.75, 3.05) is 5.73 Å². The highest BCUT2D eigenvalue weighted by atomic mass is 16.4. The Morgan fingerprint density at radius 1 is 1.71 bits per heavy atom. The second-order valence-electron chi connectivity index (χ2n) is 3.49. The molecule has 1 heterocycles. The quantitative estimate of drug-likeness (QED) is 0.630. The molecule has 0 bridgehead atoms. The van der Waals surface area contributed by atoms with Crippen molar-refractivity contribution in [3.63, 3.8) is 0 Å². The molecule has 0 aromatic carbocycles. The number of carbonyl (C=O) groups is 1. The van der Waals surface area contributed by atoms with Crippen LogP contribution in [-0.4, -0.2) is 21.6 Å². The fourth-order valence-corrected chi connectivity index (χ4v) is 1.10. The van der Waals surface area contributed by atoms with Crippen molar-refractivity contribution < 1.29 is 9.90 Å². The van der Waals surface area contributed by atoms with E-state index in [4.69, 9.17) is 16.6 Å². The van der Waals surface area contributed by atoms with Gasteiger partial charge in [-0.05, 0) is 24.6 Å². The van der Waals surface area contributed by atoms with Gasteiger partial charge in [0.25, 0.3) is 0 Å². The molecule has 0 aliphatic heterocycles. The highest BCUT2D eigenvalue weighted by Gasteiger charge is 2.27. The Labute approximate surface area is 81.7 Å². The molecule has 5 nitrogen and oxygen atoms in total. The van der Waals surface area contributed by atoms with Crippen LogP contribution in [0.1, 0.15) is 12.5 Å². The number of anilines is 1. The summed E-state index contributed by atoms with van der Waals surface area (Å²) in [5, 5.41) is 8.80. The summed E-state index contributed by atoms with van der Waals surface area (Å²) in [6.45, 7) is 1.46. The Kier molecular flexibility index (Phi) is 2.71. The predicted octanol–water partition coefficient (Wildman–Crippen LogP) is 0.00830. The lowest BCUT2D eigenvalue weighted by Gasteiger charge is -2.18. The van der Waals surface area contributed by atoms with E-state index in [1.807, 2.05) is 0 Å². The monoisotopic (exact) mass is 195 g/mol. The molecule has 14 heavy (non-hydrogen) atoms. The molecule has 0 amide bonds. The minimum atomic E-state index is -1.27. The number of nitrogens with zero attached hydrogens (tertiary/aromatic N) is 1. The van der Waals surface area contributed by atoms with E-state index in [9.17, 15) is 4.79 Å². The first-order chi connectivity index (χ1) is 6.42. The largest absolute Gasteiger partial charge is 0.480 e. The Bertz CT molecular complexity index is 350. The number of carboxylic acid groups (broad SMARTS) is 1. The van der Waals surface area contributed by atoms with E-state index < -0.39 is 11.5 Å². The smallest absolute Gasteiger partial charge is 0.323 e. The fraction of sp³-hybridized carbons (Fsp3) is 0.333. The number of hydrogen-bond donors (Lipinski definition) is 3. The second-order valence-corrected chi connectivity index (χ2v) is 3.49. The van der Waals surface area contributed by atoms with E-state index in [1.54, 1.807) is 12.1 Å². The molecule has 0 fully saturated rings. The average Bonchev–Trinajstić information content (AvgIpc) is 2.02. The fourth-order valence-electron chi connectivity index (χ4n) is 1.10. The lowest BCUT2D eigenvalue weighted by atomic mass is 9.95. The molecule has 76 valence electrons. The van der Waals surface area contributed by atoms with Gasteiger partial charge in [-0.3, -0.25) is 4.79 Å². The third-order valence-corrected chi connectivity index (χ3v) is 1.91. The zero-order valence-electron chi connectivity index (χ0n) is 7.90. The lowest BCUT2D eigenvalue weighted by Crippen LogP contribution is -2.46. The highest BCUT2D eigenvalue weighted by Crippen LogP contribution is 2.12. The van der Waals surface area contributed by atoms with Crippen LogP contribution in [0.15, 0.2) is 18.3 Å². The SMILES string of the molecule is CC(N)(Cc1ccnc(N)c1)C(=O)O. The predicted molar refractivity (Wildman–Crippen MR) is 52.6 cm³/mol. The van der Waals surface area contributed by atoms with Crippen LogP contribution in [0.3, 0.4) is 0 Å². The van der Waals surface area contributed by atoms with Gasteiger partial charge in [0.2, 0.25) is 0 Å². The molecule has 0 aliphatic rings.